The topological polar surface area (TPSA) is 27.7 Å². The van der Waals surface area contributed by atoms with Crippen molar-refractivity contribution < 1.29 is 14.2 Å². The third-order valence-electron chi connectivity index (χ3n) is 3.83. The predicted molar refractivity (Wildman–Crippen MR) is 89.7 cm³/mol. The van der Waals surface area contributed by atoms with Crippen LogP contribution in [0.25, 0.3) is 0 Å². The summed E-state index contributed by atoms with van der Waals surface area (Å²) in [5.41, 5.74) is 2.34. The molecule has 0 aliphatic carbocycles. The van der Waals surface area contributed by atoms with Crippen LogP contribution in [-0.2, 0) is 27.4 Å². The molecule has 0 saturated carbocycles. The van der Waals surface area contributed by atoms with E-state index in [4.69, 9.17) is 14.2 Å². The first-order valence-electron chi connectivity index (χ1n) is 7.99. The van der Waals surface area contributed by atoms with Crippen molar-refractivity contribution in [2.24, 2.45) is 0 Å². The van der Waals surface area contributed by atoms with Gasteiger partial charge in [0.2, 0.25) is 0 Å². The average molecular weight is 310 g/mol. The molecule has 1 aliphatic rings. The average Bonchev–Trinajstić information content (AvgIpc) is 2.63. The molecular weight excluding hydrogens is 288 g/mol. The van der Waals surface area contributed by atoms with Crippen LogP contribution in [0.4, 0.5) is 0 Å². The molecule has 2 atom stereocenters. The van der Waals surface area contributed by atoms with Gasteiger partial charge in [-0.3, -0.25) is 0 Å². The van der Waals surface area contributed by atoms with E-state index in [-0.39, 0.29) is 12.2 Å². The minimum Gasteiger partial charge on any atom is -0.493 e. The second-order valence-electron chi connectivity index (χ2n) is 5.62. The third kappa shape index (κ3) is 4.95. The molecule has 3 rings (SSSR count). The third-order valence-corrected chi connectivity index (χ3v) is 3.83. The highest BCUT2D eigenvalue weighted by Crippen LogP contribution is 2.18. The number of ether oxygens (including phenoxy) is 3. The molecule has 0 bridgehead atoms. The van der Waals surface area contributed by atoms with Gasteiger partial charge in [-0.1, -0.05) is 60.7 Å². The van der Waals surface area contributed by atoms with Crippen LogP contribution in [0.1, 0.15) is 17.5 Å². The lowest BCUT2D eigenvalue weighted by Gasteiger charge is -2.28. The van der Waals surface area contributed by atoms with Crippen molar-refractivity contribution >= 4 is 0 Å². The van der Waals surface area contributed by atoms with Crippen LogP contribution in [0.15, 0.2) is 73.0 Å². The number of rotatable bonds is 7. The molecule has 0 fully saturated rings. The summed E-state index contributed by atoms with van der Waals surface area (Å²) >= 11 is 0. The molecule has 0 N–H and O–H groups in total. The Bertz CT molecular complexity index is 595. The molecule has 0 spiro atoms. The standard InChI is InChI=1S/C20H22O3/c1-3-8-17(9-4-1)14-21-16-20-19(12-7-13-22-20)23-15-18-10-5-2-6-11-18/h1-11,13,19-20H,12,14-16H2/t19-,20+/m0/s1. The lowest BCUT2D eigenvalue weighted by molar-refractivity contribution is -0.0915. The maximum atomic E-state index is 6.03. The number of hydrogen-bond acceptors (Lipinski definition) is 3. The van der Waals surface area contributed by atoms with Crippen LogP contribution < -0.4 is 0 Å². The van der Waals surface area contributed by atoms with Gasteiger partial charge in [-0.15, -0.1) is 0 Å². The quantitative estimate of drug-likeness (QED) is 0.771. The van der Waals surface area contributed by atoms with Gasteiger partial charge in [0.05, 0.1) is 26.1 Å². The van der Waals surface area contributed by atoms with Gasteiger partial charge in [-0.2, -0.15) is 0 Å². The Morgan fingerprint density at radius 1 is 0.870 bits per heavy atom. The van der Waals surface area contributed by atoms with E-state index >= 15 is 0 Å². The molecule has 2 aromatic rings. The van der Waals surface area contributed by atoms with Gasteiger partial charge in [0.1, 0.15) is 12.2 Å². The van der Waals surface area contributed by atoms with Crippen LogP contribution in [0.2, 0.25) is 0 Å². The summed E-state index contributed by atoms with van der Waals surface area (Å²) in [7, 11) is 0. The van der Waals surface area contributed by atoms with E-state index in [0.29, 0.717) is 19.8 Å². The van der Waals surface area contributed by atoms with Gasteiger partial charge in [0, 0.05) is 0 Å². The second-order valence-corrected chi connectivity index (χ2v) is 5.62. The summed E-state index contributed by atoms with van der Waals surface area (Å²) in [6.07, 6.45) is 4.57. The molecule has 1 aliphatic heterocycles. The smallest absolute Gasteiger partial charge is 0.147 e. The molecule has 3 nitrogen and oxygen atoms in total. The van der Waals surface area contributed by atoms with E-state index in [1.54, 1.807) is 6.26 Å². The van der Waals surface area contributed by atoms with E-state index in [1.165, 1.54) is 11.1 Å². The van der Waals surface area contributed by atoms with Gasteiger partial charge in [-0.05, 0) is 23.6 Å². The minimum atomic E-state index is -0.0626. The summed E-state index contributed by atoms with van der Waals surface area (Å²) in [5.74, 6) is 0. The monoisotopic (exact) mass is 310 g/mol. The molecular formula is C20H22O3. The molecule has 2 aromatic carbocycles. The zero-order valence-electron chi connectivity index (χ0n) is 13.1. The molecule has 23 heavy (non-hydrogen) atoms. The Kier molecular flexibility index (Phi) is 5.84. The van der Waals surface area contributed by atoms with E-state index in [2.05, 4.69) is 24.3 Å². The maximum Gasteiger partial charge on any atom is 0.147 e. The fourth-order valence-electron chi connectivity index (χ4n) is 2.55. The molecule has 0 radical (unpaired) electrons. The van der Waals surface area contributed by atoms with E-state index < -0.39 is 0 Å². The fraction of sp³-hybridized carbons (Fsp3) is 0.300. The first kappa shape index (κ1) is 15.8. The summed E-state index contributed by atoms with van der Waals surface area (Å²) in [5, 5.41) is 0. The predicted octanol–water partition coefficient (Wildman–Crippen LogP) is 4.09. The van der Waals surface area contributed by atoms with Gasteiger partial charge in [0.25, 0.3) is 0 Å². The van der Waals surface area contributed by atoms with E-state index in [9.17, 15) is 0 Å². The highest BCUT2D eigenvalue weighted by Gasteiger charge is 2.25. The highest BCUT2D eigenvalue weighted by atomic mass is 16.6. The molecule has 3 heteroatoms. The lowest BCUT2D eigenvalue weighted by atomic mass is 10.1. The Morgan fingerprint density at radius 3 is 2.22 bits per heavy atom. The second kappa shape index (κ2) is 8.51. The zero-order chi connectivity index (χ0) is 15.7. The van der Waals surface area contributed by atoms with Crippen molar-refractivity contribution in [2.75, 3.05) is 6.61 Å². The molecule has 0 aromatic heterocycles. The summed E-state index contributed by atoms with van der Waals surface area (Å²) < 4.78 is 17.5. The van der Waals surface area contributed by atoms with E-state index in [0.717, 1.165) is 6.42 Å². The van der Waals surface area contributed by atoms with Crippen molar-refractivity contribution in [1.29, 1.82) is 0 Å². The SMILES string of the molecule is C1=CO[C@H](COCc2ccccc2)[C@@H](OCc2ccccc2)C1. The molecule has 0 amide bonds. The lowest BCUT2D eigenvalue weighted by Crippen LogP contribution is -2.36. The Morgan fingerprint density at radius 2 is 1.52 bits per heavy atom. The Labute approximate surface area is 137 Å². The molecule has 1 heterocycles. The van der Waals surface area contributed by atoms with Crippen LogP contribution in [0.5, 0.6) is 0 Å². The van der Waals surface area contributed by atoms with Crippen LogP contribution in [0.3, 0.4) is 0 Å². The summed E-state index contributed by atoms with van der Waals surface area (Å²) in [6.45, 7) is 1.71. The van der Waals surface area contributed by atoms with Crippen LogP contribution >= 0.6 is 0 Å². The molecule has 0 unspecified atom stereocenters. The number of benzene rings is 2. The first-order chi connectivity index (χ1) is 11.4. The normalized spacial score (nSPS) is 20.2. The van der Waals surface area contributed by atoms with Crippen molar-refractivity contribution in [3.8, 4) is 0 Å². The van der Waals surface area contributed by atoms with Crippen LogP contribution in [0, 0.1) is 0 Å². The van der Waals surface area contributed by atoms with Gasteiger partial charge < -0.3 is 14.2 Å². The fourth-order valence-corrected chi connectivity index (χ4v) is 2.55. The summed E-state index contributed by atoms with van der Waals surface area (Å²) in [4.78, 5) is 0. The van der Waals surface area contributed by atoms with Gasteiger partial charge >= 0.3 is 0 Å². The van der Waals surface area contributed by atoms with Crippen molar-refractivity contribution in [3.63, 3.8) is 0 Å². The molecule has 0 saturated heterocycles. The van der Waals surface area contributed by atoms with Crippen molar-refractivity contribution in [1.82, 2.24) is 0 Å². The van der Waals surface area contributed by atoms with Crippen LogP contribution in [-0.4, -0.2) is 18.8 Å². The number of hydrogen-bond donors (Lipinski definition) is 0. The minimum absolute atomic E-state index is 0.0241. The Hall–Kier alpha value is -2.10. The highest BCUT2D eigenvalue weighted by molar-refractivity contribution is 5.14. The largest absolute Gasteiger partial charge is 0.493 e. The van der Waals surface area contributed by atoms with Gasteiger partial charge in [-0.25, -0.2) is 0 Å². The van der Waals surface area contributed by atoms with Gasteiger partial charge in [0.15, 0.2) is 0 Å². The zero-order valence-corrected chi connectivity index (χ0v) is 13.1. The molecule has 120 valence electrons. The van der Waals surface area contributed by atoms with E-state index in [1.807, 2.05) is 42.5 Å². The maximum absolute atomic E-state index is 6.03. The summed E-state index contributed by atoms with van der Waals surface area (Å²) in [6, 6.07) is 20.4. The Balaban J connectivity index is 1.47. The van der Waals surface area contributed by atoms with Crippen molar-refractivity contribution in [2.45, 2.75) is 31.8 Å². The van der Waals surface area contributed by atoms with Crippen molar-refractivity contribution in [3.05, 3.63) is 84.1 Å². The first-order valence-corrected chi connectivity index (χ1v) is 7.99.